The molecule has 27 heavy (non-hydrogen) atoms. The van der Waals surface area contributed by atoms with Gasteiger partial charge >= 0.3 is 0 Å². The number of carbonyl (C=O) groups is 2. The third-order valence-corrected chi connectivity index (χ3v) is 4.33. The molecule has 6 nitrogen and oxygen atoms in total. The third-order valence-electron chi connectivity index (χ3n) is 4.01. The highest BCUT2D eigenvalue weighted by molar-refractivity contribution is 6.32. The molecule has 3 aromatic rings. The number of halogens is 1. The lowest BCUT2D eigenvalue weighted by Gasteiger charge is -2.10. The van der Waals surface area contributed by atoms with E-state index in [2.05, 4.69) is 15.7 Å². The summed E-state index contributed by atoms with van der Waals surface area (Å²) in [6, 6.07) is 14.2. The Bertz CT molecular complexity index is 997. The number of anilines is 2. The van der Waals surface area contributed by atoms with E-state index in [1.807, 2.05) is 31.2 Å². The predicted molar refractivity (Wildman–Crippen MR) is 107 cm³/mol. The van der Waals surface area contributed by atoms with E-state index in [-0.39, 0.29) is 17.5 Å². The van der Waals surface area contributed by atoms with Crippen LogP contribution in [-0.2, 0) is 4.79 Å². The molecule has 2 N–H and O–H groups in total. The van der Waals surface area contributed by atoms with Crippen molar-refractivity contribution >= 4 is 34.8 Å². The van der Waals surface area contributed by atoms with Crippen molar-refractivity contribution in [1.82, 2.24) is 9.78 Å². The number of nitrogens with zero attached hydrogens (tertiary/aromatic N) is 2. The molecule has 0 saturated carbocycles. The number of aryl methyl sites for hydroxylation is 1. The molecule has 2 aromatic carbocycles. The molecule has 0 aliphatic rings. The zero-order valence-corrected chi connectivity index (χ0v) is 15.7. The largest absolute Gasteiger partial charge is 0.326 e. The third kappa shape index (κ3) is 4.35. The van der Waals surface area contributed by atoms with Gasteiger partial charge < -0.3 is 10.6 Å². The summed E-state index contributed by atoms with van der Waals surface area (Å²) in [7, 11) is 0. The predicted octanol–water partition coefficient (Wildman–Crippen LogP) is 4.43. The van der Waals surface area contributed by atoms with Gasteiger partial charge in [-0.15, -0.1) is 0 Å². The molecular formula is C20H19ClN4O2. The van der Waals surface area contributed by atoms with E-state index in [0.29, 0.717) is 28.5 Å². The molecule has 0 aliphatic carbocycles. The smallest absolute Gasteiger partial charge is 0.276 e. The van der Waals surface area contributed by atoms with Gasteiger partial charge in [-0.3, -0.25) is 9.59 Å². The topological polar surface area (TPSA) is 76.0 Å². The normalized spacial score (nSPS) is 10.5. The van der Waals surface area contributed by atoms with Crippen molar-refractivity contribution in [3.8, 4) is 5.69 Å². The number of amides is 2. The molecule has 1 aromatic heterocycles. The maximum Gasteiger partial charge on any atom is 0.276 e. The summed E-state index contributed by atoms with van der Waals surface area (Å²) in [5.41, 5.74) is 3.07. The number of carbonyl (C=O) groups excluding carboxylic acids is 2. The van der Waals surface area contributed by atoms with Gasteiger partial charge in [0, 0.05) is 24.0 Å². The maximum atomic E-state index is 12.6. The summed E-state index contributed by atoms with van der Waals surface area (Å²) in [6.07, 6.45) is 2.07. The number of rotatable bonds is 5. The Morgan fingerprint density at radius 1 is 1.11 bits per heavy atom. The standard InChI is InChI=1S/C20H19ClN4O2/c1-3-19(26)22-14-9-8-13(2)17(12-14)23-20(27)16-10-11-25(24-16)18-7-5-4-6-15(18)21/h4-12H,3H2,1-2H3,(H,22,26)(H,23,27). The van der Waals surface area contributed by atoms with E-state index in [4.69, 9.17) is 11.6 Å². The maximum absolute atomic E-state index is 12.6. The Kier molecular flexibility index (Phi) is 5.57. The molecule has 1 heterocycles. The molecule has 0 fully saturated rings. The Labute approximate surface area is 162 Å². The molecule has 0 spiro atoms. The summed E-state index contributed by atoms with van der Waals surface area (Å²) in [4.78, 5) is 24.1. The van der Waals surface area contributed by atoms with Crippen LogP contribution in [0.25, 0.3) is 5.69 Å². The van der Waals surface area contributed by atoms with Gasteiger partial charge in [-0.25, -0.2) is 4.68 Å². The van der Waals surface area contributed by atoms with Crippen molar-refractivity contribution in [3.63, 3.8) is 0 Å². The van der Waals surface area contributed by atoms with Gasteiger partial charge in [-0.1, -0.05) is 36.7 Å². The molecule has 0 bridgehead atoms. The number of benzene rings is 2. The van der Waals surface area contributed by atoms with Crippen LogP contribution in [0.15, 0.2) is 54.7 Å². The minimum absolute atomic E-state index is 0.0883. The highest BCUT2D eigenvalue weighted by atomic mass is 35.5. The van der Waals surface area contributed by atoms with Gasteiger partial charge in [-0.05, 0) is 42.8 Å². The zero-order valence-electron chi connectivity index (χ0n) is 15.0. The number of hydrogen-bond donors (Lipinski definition) is 2. The number of aromatic nitrogens is 2. The van der Waals surface area contributed by atoms with Crippen LogP contribution in [-0.4, -0.2) is 21.6 Å². The van der Waals surface area contributed by atoms with Crippen LogP contribution in [0, 0.1) is 6.92 Å². The highest BCUT2D eigenvalue weighted by Gasteiger charge is 2.13. The summed E-state index contributed by atoms with van der Waals surface area (Å²) in [6.45, 7) is 3.66. The molecule has 0 unspecified atom stereocenters. The van der Waals surface area contributed by atoms with Crippen molar-refractivity contribution in [3.05, 3.63) is 71.0 Å². The fraction of sp³-hybridized carbons (Fsp3) is 0.150. The molecule has 0 aliphatic heterocycles. The lowest BCUT2D eigenvalue weighted by Crippen LogP contribution is -2.15. The van der Waals surface area contributed by atoms with Crippen molar-refractivity contribution in [1.29, 1.82) is 0 Å². The van der Waals surface area contributed by atoms with Crippen molar-refractivity contribution in [2.24, 2.45) is 0 Å². The monoisotopic (exact) mass is 382 g/mol. The lowest BCUT2D eigenvalue weighted by molar-refractivity contribution is -0.115. The highest BCUT2D eigenvalue weighted by Crippen LogP contribution is 2.22. The van der Waals surface area contributed by atoms with Crippen LogP contribution in [0.2, 0.25) is 5.02 Å². The minimum atomic E-state index is -0.345. The molecular weight excluding hydrogens is 364 g/mol. The van der Waals surface area contributed by atoms with Crippen molar-refractivity contribution in [2.75, 3.05) is 10.6 Å². The SMILES string of the molecule is CCC(=O)Nc1ccc(C)c(NC(=O)c2ccn(-c3ccccc3Cl)n2)c1. The van der Waals surface area contributed by atoms with Crippen molar-refractivity contribution < 1.29 is 9.59 Å². The zero-order chi connectivity index (χ0) is 19.4. The van der Waals surface area contributed by atoms with Gasteiger partial charge in [0.25, 0.3) is 5.91 Å². The molecule has 7 heteroatoms. The van der Waals surface area contributed by atoms with Gasteiger partial charge in [0.15, 0.2) is 5.69 Å². The fourth-order valence-electron chi connectivity index (χ4n) is 2.49. The van der Waals surface area contributed by atoms with E-state index in [1.165, 1.54) is 0 Å². The van der Waals surface area contributed by atoms with Gasteiger partial charge in [0.1, 0.15) is 0 Å². The van der Waals surface area contributed by atoms with Crippen LogP contribution >= 0.6 is 11.6 Å². The first-order valence-electron chi connectivity index (χ1n) is 8.50. The van der Waals surface area contributed by atoms with Gasteiger partial charge in [-0.2, -0.15) is 5.10 Å². The second-order valence-electron chi connectivity index (χ2n) is 5.98. The van der Waals surface area contributed by atoms with Crippen molar-refractivity contribution in [2.45, 2.75) is 20.3 Å². The second-order valence-corrected chi connectivity index (χ2v) is 6.39. The average molecular weight is 383 g/mol. The summed E-state index contributed by atoms with van der Waals surface area (Å²) >= 11 is 6.17. The lowest BCUT2D eigenvalue weighted by atomic mass is 10.1. The molecule has 138 valence electrons. The van der Waals surface area contributed by atoms with Crippen LogP contribution in [0.1, 0.15) is 29.4 Å². The first-order valence-corrected chi connectivity index (χ1v) is 8.88. The second kappa shape index (κ2) is 8.05. The van der Waals surface area contributed by atoms with Crippen LogP contribution < -0.4 is 10.6 Å². The Morgan fingerprint density at radius 3 is 2.63 bits per heavy atom. The van der Waals surface area contributed by atoms with Gasteiger partial charge in [0.2, 0.25) is 5.91 Å². The first kappa shape index (κ1) is 18.7. The number of hydrogen-bond acceptors (Lipinski definition) is 3. The van der Waals surface area contributed by atoms with E-state index in [9.17, 15) is 9.59 Å². The Morgan fingerprint density at radius 2 is 1.89 bits per heavy atom. The molecule has 0 saturated heterocycles. The Hall–Kier alpha value is -3.12. The number of para-hydroxylation sites is 1. The Balaban J connectivity index is 1.79. The minimum Gasteiger partial charge on any atom is -0.326 e. The van der Waals surface area contributed by atoms with E-state index < -0.39 is 0 Å². The van der Waals surface area contributed by atoms with Crippen LogP contribution in [0.5, 0.6) is 0 Å². The molecule has 0 atom stereocenters. The van der Waals surface area contributed by atoms with E-state index >= 15 is 0 Å². The van der Waals surface area contributed by atoms with E-state index in [0.717, 1.165) is 5.56 Å². The number of nitrogens with one attached hydrogen (secondary N) is 2. The van der Waals surface area contributed by atoms with E-state index in [1.54, 1.807) is 42.1 Å². The summed E-state index contributed by atoms with van der Waals surface area (Å²) in [5, 5.41) is 10.5. The molecule has 0 radical (unpaired) electrons. The average Bonchev–Trinajstić information content (AvgIpc) is 3.14. The first-order chi connectivity index (χ1) is 13.0. The molecule has 3 rings (SSSR count). The summed E-state index contributed by atoms with van der Waals surface area (Å²) in [5.74, 6) is -0.433. The summed E-state index contributed by atoms with van der Waals surface area (Å²) < 4.78 is 1.56. The molecule has 2 amide bonds. The van der Waals surface area contributed by atoms with Gasteiger partial charge in [0.05, 0.1) is 10.7 Å². The quantitative estimate of drug-likeness (QED) is 0.685. The van der Waals surface area contributed by atoms with Crippen LogP contribution in [0.3, 0.4) is 0 Å². The van der Waals surface area contributed by atoms with Crippen LogP contribution in [0.4, 0.5) is 11.4 Å². The fourth-order valence-corrected chi connectivity index (χ4v) is 2.71.